The van der Waals surface area contributed by atoms with E-state index in [0.717, 1.165) is 11.7 Å². The second-order valence-electron chi connectivity index (χ2n) is 5.20. The zero-order chi connectivity index (χ0) is 12.3. The molecule has 17 heavy (non-hydrogen) atoms. The van der Waals surface area contributed by atoms with Crippen molar-refractivity contribution in [2.75, 3.05) is 18.8 Å². The van der Waals surface area contributed by atoms with Crippen molar-refractivity contribution in [2.45, 2.75) is 45.1 Å². The van der Waals surface area contributed by atoms with E-state index in [-0.39, 0.29) is 0 Å². The molecule has 1 aromatic carbocycles. The summed E-state index contributed by atoms with van der Waals surface area (Å²) >= 11 is 0. The van der Waals surface area contributed by atoms with Gasteiger partial charge in [-0.2, -0.15) is 0 Å². The molecule has 1 aliphatic heterocycles. The fraction of sp³-hybridized carbons (Fsp3) is 0.600. The maximum absolute atomic E-state index is 6.06. The molecule has 1 fully saturated rings. The molecule has 1 aromatic rings. The van der Waals surface area contributed by atoms with Gasteiger partial charge in [0.05, 0.1) is 0 Å². The van der Waals surface area contributed by atoms with Gasteiger partial charge in [-0.25, -0.2) is 0 Å². The third kappa shape index (κ3) is 2.81. The maximum atomic E-state index is 6.06. The summed E-state index contributed by atoms with van der Waals surface area (Å²) in [4.78, 5) is 2.61. The van der Waals surface area contributed by atoms with Crippen molar-refractivity contribution in [2.24, 2.45) is 0 Å². The van der Waals surface area contributed by atoms with Crippen LogP contribution in [0.3, 0.4) is 0 Å². The highest BCUT2D eigenvalue weighted by Crippen LogP contribution is 2.32. The van der Waals surface area contributed by atoms with E-state index in [4.69, 9.17) is 5.73 Å². The van der Waals surface area contributed by atoms with Crippen molar-refractivity contribution < 1.29 is 0 Å². The second-order valence-corrected chi connectivity index (χ2v) is 5.20. The van der Waals surface area contributed by atoms with Crippen LogP contribution in [0, 0.1) is 0 Å². The van der Waals surface area contributed by atoms with Gasteiger partial charge in [-0.1, -0.05) is 25.1 Å². The van der Waals surface area contributed by atoms with E-state index in [1.807, 2.05) is 12.1 Å². The van der Waals surface area contributed by atoms with Crippen LogP contribution in [0.5, 0.6) is 0 Å². The Kier molecular flexibility index (Phi) is 4.06. The summed E-state index contributed by atoms with van der Waals surface area (Å²) in [5, 5.41) is 0. The molecule has 1 heterocycles. The van der Waals surface area contributed by atoms with Gasteiger partial charge in [0, 0.05) is 11.7 Å². The molecule has 0 aliphatic carbocycles. The third-order valence-electron chi connectivity index (χ3n) is 4.18. The summed E-state index contributed by atoms with van der Waals surface area (Å²) in [6, 6.07) is 9.07. The molecule has 1 atom stereocenters. The lowest BCUT2D eigenvalue weighted by Gasteiger charge is -2.36. The summed E-state index contributed by atoms with van der Waals surface area (Å²) in [6.45, 7) is 7.03. The Morgan fingerprint density at radius 1 is 1.29 bits per heavy atom. The van der Waals surface area contributed by atoms with E-state index in [0.29, 0.717) is 5.92 Å². The fourth-order valence-electron chi connectivity index (χ4n) is 2.79. The Balaban J connectivity index is 1.98. The predicted octanol–water partition coefficient (Wildman–Crippen LogP) is 3.25. The predicted molar refractivity (Wildman–Crippen MR) is 74.2 cm³/mol. The smallest absolute Gasteiger partial charge is 0.0349 e. The highest BCUT2D eigenvalue weighted by molar-refractivity contribution is 5.48. The summed E-state index contributed by atoms with van der Waals surface area (Å²) in [7, 11) is 0. The minimum atomic E-state index is 0.663. The molecule has 2 rings (SSSR count). The van der Waals surface area contributed by atoms with Crippen molar-refractivity contribution in [3.8, 4) is 0 Å². The quantitative estimate of drug-likeness (QED) is 0.811. The number of benzene rings is 1. The molecule has 2 heteroatoms. The minimum absolute atomic E-state index is 0.663. The molecular formula is C15H24N2. The number of rotatable bonds is 3. The number of anilines is 1. The van der Waals surface area contributed by atoms with Gasteiger partial charge in [0.1, 0.15) is 0 Å². The van der Waals surface area contributed by atoms with E-state index >= 15 is 0 Å². The molecule has 1 unspecified atom stereocenters. The zero-order valence-electron chi connectivity index (χ0n) is 11.0. The lowest BCUT2D eigenvalue weighted by Crippen LogP contribution is -2.39. The van der Waals surface area contributed by atoms with Gasteiger partial charge in [0.15, 0.2) is 0 Å². The Hall–Kier alpha value is -1.02. The SMILES string of the molecule is CCC(C)N1CCC(c2ccccc2N)CC1. The van der Waals surface area contributed by atoms with Crippen LogP contribution in [0.25, 0.3) is 0 Å². The van der Waals surface area contributed by atoms with Crippen molar-refractivity contribution in [1.29, 1.82) is 0 Å². The van der Waals surface area contributed by atoms with Gasteiger partial charge in [-0.15, -0.1) is 0 Å². The van der Waals surface area contributed by atoms with Crippen LogP contribution in [-0.4, -0.2) is 24.0 Å². The fourth-order valence-corrected chi connectivity index (χ4v) is 2.79. The number of nitrogen functional groups attached to an aromatic ring is 1. The molecule has 1 saturated heterocycles. The first-order chi connectivity index (χ1) is 8.22. The van der Waals surface area contributed by atoms with Gasteiger partial charge in [-0.05, 0) is 56.8 Å². The minimum Gasteiger partial charge on any atom is -0.398 e. The van der Waals surface area contributed by atoms with Crippen LogP contribution >= 0.6 is 0 Å². The molecule has 94 valence electrons. The topological polar surface area (TPSA) is 29.3 Å². The van der Waals surface area contributed by atoms with Crippen LogP contribution in [0.2, 0.25) is 0 Å². The van der Waals surface area contributed by atoms with E-state index in [1.165, 1.54) is 37.9 Å². The van der Waals surface area contributed by atoms with Gasteiger partial charge in [0.25, 0.3) is 0 Å². The van der Waals surface area contributed by atoms with Crippen LogP contribution in [0.1, 0.15) is 44.6 Å². The van der Waals surface area contributed by atoms with Crippen molar-refractivity contribution in [3.05, 3.63) is 29.8 Å². The normalized spacial score (nSPS) is 20.4. The third-order valence-corrected chi connectivity index (χ3v) is 4.18. The maximum Gasteiger partial charge on any atom is 0.0349 e. The Morgan fingerprint density at radius 2 is 1.94 bits per heavy atom. The molecule has 2 N–H and O–H groups in total. The summed E-state index contributed by atoms with van der Waals surface area (Å²) in [5.41, 5.74) is 8.38. The number of hydrogen-bond acceptors (Lipinski definition) is 2. The summed E-state index contributed by atoms with van der Waals surface area (Å²) < 4.78 is 0. The molecule has 0 spiro atoms. The standard InChI is InChI=1S/C15H24N2/c1-3-12(2)17-10-8-13(9-11-17)14-6-4-5-7-15(14)16/h4-7,12-13H,3,8-11,16H2,1-2H3. The number of piperidine rings is 1. The van der Waals surface area contributed by atoms with Crippen molar-refractivity contribution >= 4 is 5.69 Å². The van der Waals surface area contributed by atoms with Crippen LogP contribution in [-0.2, 0) is 0 Å². The summed E-state index contributed by atoms with van der Waals surface area (Å²) in [5.74, 6) is 0.663. The molecule has 2 nitrogen and oxygen atoms in total. The Bertz CT molecular complexity index is 354. The first-order valence-electron chi connectivity index (χ1n) is 6.80. The number of hydrogen-bond donors (Lipinski definition) is 1. The van der Waals surface area contributed by atoms with Crippen molar-refractivity contribution in [1.82, 2.24) is 4.90 Å². The van der Waals surface area contributed by atoms with Gasteiger partial charge >= 0.3 is 0 Å². The number of nitrogens with two attached hydrogens (primary N) is 1. The van der Waals surface area contributed by atoms with Crippen LogP contribution in [0.4, 0.5) is 5.69 Å². The van der Waals surface area contributed by atoms with E-state index in [9.17, 15) is 0 Å². The molecular weight excluding hydrogens is 208 g/mol. The molecule has 0 aromatic heterocycles. The molecule has 0 amide bonds. The van der Waals surface area contributed by atoms with Gasteiger partial charge < -0.3 is 10.6 Å². The largest absolute Gasteiger partial charge is 0.398 e. The number of para-hydroxylation sites is 1. The monoisotopic (exact) mass is 232 g/mol. The summed E-state index contributed by atoms with van der Waals surface area (Å²) in [6.07, 6.45) is 3.75. The zero-order valence-corrected chi connectivity index (χ0v) is 11.0. The number of likely N-dealkylation sites (tertiary alicyclic amines) is 1. The average molecular weight is 232 g/mol. The lowest BCUT2D eigenvalue weighted by molar-refractivity contribution is 0.158. The highest BCUT2D eigenvalue weighted by Gasteiger charge is 2.23. The highest BCUT2D eigenvalue weighted by atomic mass is 15.2. The average Bonchev–Trinajstić information content (AvgIpc) is 2.39. The molecule has 0 bridgehead atoms. The Labute approximate surface area is 105 Å². The lowest BCUT2D eigenvalue weighted by atomic mass is 9.88. The first kappa shape index (κ1) is 12.4. The molecule has 0 radical (unpaired) electrons. The van der Waals surface area contributed by atoms with Gasteiger partial charge in [0.2, 0.25) is 0 Å². The number of nitrogens with zero attached hydrogens (tertiary/aromatic N) is 1. The Morgan fingerprint density at radius 3 is 2.53 bits per heavy atom. The second kappa shape index (κ2) is 5.54. The van der Waals surface area contributed by atoms with E-state index < -0.39 is 0 Å². The van der Waals surface area contributed by atoms with Crippen molar-refractivity contribution in [3.63, 3.8) is 0 Å². The van der Waals surface area contributed by atoms with E-state index in [2.05, 4.69) is 30.9 Å². The molecule has 0 saturated carbocycles. The molecule has 1 aliphatic rings. The van der Waals surface area contributed by atoms with E-state index in [1.54, 1.807) is 0 Å². The van der Waals surface area contributed by atoms with Crippen LogP contribution < -0.4 is 5.73 Å². The van der Waals surface area contributed by atoms with Gasteiger partial charge in [-0.3, -0.25) is 0 Å². The van der Waals surface area contributed by atoms with Crippen LogP contribution in [0.15, 0.2) is 24.3 Å². The first-order valence-corrected chi connectivity index (χ1v) is 6.80.